The number of fused-ring (bicyclic) bond motifs is 1. The number of rotatable bonds is 3. The first-order chi connectivity index (χ1) is 13.3. The van der Waals surface area contributed by atoms with Crippen molar-refractivity contribution in [3.05, 3.63) is 81.7 Å². The molecule has 3 aromatic rings. The molecule has 3 amide bonds. The van der Waals surface area contributed by atoms with Gasteiger partial charge in [-0.15, -0.1) is 0 Å². The van der Waals surface area contributed by atoms with Crippen molar-refractivity contribution in [3.63, 3.8) is 0 Å². The maximum atomic E-state index is 13.2. The topological polar surface area (TPSA) is 83.8 Å². The monoisotopic (exact) mass is 380 g/mol. The van der Waals surface area contributed by atoms with Crippen LogP contribution in [-0.2, 0) is 16.9 Å². The molecule has 1 N–H and O–H groups in total. The van der Waals surface area contributed by atoms with Gasteiger partial charge in [0.25, 0.3) is 11.5 Å². The molecule has 8 heteroatoms. The summed E-state index contributed by atoms with van der Waals surface area (Å²) in [5.74, 6) is -0.924. The Balaban J connectivity index is 1.67. The van der Waals surface area contributed by atoms with Gasteiger partial charge in [0.05, 0.1) is 12.2 Å². The van der Waals surface area contributed by atoms with Crippen LogP contribution in [0.5, 0.6) is 0 Å². The Morgan fingerprint density at radius 2 is 1.82 bits per heavy atom. The number of nitrogens with zero attached hydrogens (tertiary/aromatic N) is 3. The molecule has 4 rings (SSSR count). The molecule has 2 aromatic heterocycles. The SMILES string of the molecule is Cc1ccc2nc(CN3C(=O)NC(C)(c4ccc(F)cc4)C3=O)cc(=O)n2c1. The fraction of sp³-hybridized carbons (Fsp3) is 0.200. The summed E-state index contributed by atoms with van der Waals surface area (Å²) in [5, 5.41) is 2.65. The number of pyridine rings is 1. The smallest absolute Gasteiger partial charge is 0.319 e. The third kappa shape index (κ3) is 2.83. The summed E-state index contributed by atoms with van der Waals surface area (Å²) in [4.78, 5) is 43.1. The minimum absolute atomic E-state index is 0.138. The van der Waals surface area contributed by atoms with Crippen molar-refractivity contribution in [2.75, 3.05) is 0 Å². The van der Waals surface area contributed by atoms with E-state index in [1.54, 1.807) is 19.2 Å². The third-order valence-corrected chi connectivity index (χ3v) is 4.88. The Labute approximate surface area is 159 Å². The molecular formula is C20H17FN4O3. The molecule has 1 aliphatic rings. The van der Waals surface area contributed by atoms with Crippen LogP contribution in [0.2, 0.25) is 0 Å². The highest BCUT2D eigenvalue weighted by atomic mass is 19.1. The highest BCUT2D eigenvalue weighted by molar-refractivity contribution is 6.07. The number of halogens is 1. The standard InChI is InChI=1S/C20H17FN4O3/c1-12-3-8-16-22-15(9-17(26)24(16)10-12)11-25-18(27)20(2,23-19(25)28)13-4-6-14(21)7-5-13/h3-10H,11H2,1-2H3,(H,23,28). The Kier molecular flexibility index (Phi) is 3.99. The van der Waals surface area contributed by atoms with Gasteiger partial charge in [-0.1, -0.05) is 18.2 Å². The van der Waals surface area contributed by atoms with E-state index in [1.165, 1.54) is 34.7 Å². The first-order valence-electron chi connectivity index (χ1n) is 8.67. The van der Waals surface area contributed by atoms with Crippen LogP contribution < -0.4 is 10.9 Å². The van der Waals surface area contributed by atoms with E-state index in [1.807, 2.05) is 13.0 Å². The third-order valence-electron chi connectivity index (χ3n) is 4.88. The zero-order valence-electron chi connectivity index (χ0n) is 15.3. The minimum Gasteiger partial charge on any atom is -0.319 e. The average Bonchev–Trinajstić information content (AvgIpc) is 2.87. The molecule has 1 fully saturated rings. The van der Waals surface area contributed by atoms with Crippen LogP contribution >= 0.6 is 0 Å². The molecule has 1 atom stereocenters. The van der Waals surface area contributed by atoms with Crippen LogP contribution in [0.1, 0.15) is 23.7 Å². The Bertz CT molecular complexity index is 1170. The summed E-state index contributed by atoms with van der Waals surface area (Å²) in [6.07, 6.45) is 1.67. The molecule has 1 unspecified atom stereocenters. The first-order valence-corrected chi connectivity index (χ1v) is 8.67. The van der Waals surface area contributed by atoms with Gasteiger partial charge in [0, 0.05) is 12.3 Å². The van der Waals surface area contributed by atoms with Crippen molar-refractivity contribution in [1.82, 2.24) is 19.6 Å². The Morgan fingerprint density at radius 3 is 2.54 bits per heavy atom. The van der Waals surface area contributed by atoms with Crippen molar-refractivity contribution < 1.29 is 14.0 Å². The second-order valence-corrected chi connectivity index (χ2v) is 6.97. The van der Waals surface area contributed by atoms with E-state index >= 15 is 0 Å². The molecular weight excluding hydrogens is 363 g/mol. The second kappa shape index (κ2) is 6.26. The number of amides is 3. The number of carbonyl (C=O) groups excluding carboxylic acids is 2. The normalized spacial score (nSPS) is 19.3. The summed E-state index contributed by atoms with van der Waals surface area (Å²) in [6.45, 7) is 3.29. The highest BCUT2D eigenvalue weighted by Gasteiger charge is 2.49. The fourth-order valence-corrected chi connectivity index (χ4v) is 3.32. The molecule has 1 saturated heterocycles. The predicted molar refractivity (Wildman–Crippen MR) is 99.0 cm³/mol. The summed E-state index contributed by atoms with van der Waals surface area (Å²) in [7, 11) is 0. The zero-order valence-corrected chi connectivity index (χ0v) is 15.3. The number of hydrogen-bond acceptors (Lipinski definition) is 4. The molecule has 142 valence electrons. The summed E-state index contributed by atoms with van der Waals surface area (Å²) in [6, 6.07) is 9.62. The molecule has 0 spiro atoms. The summed E-state index contributed by atoms with van der Waals surface area (Å²) >= 11 is 0. The largest absolute Gasteiger partial charge is 0.325 e. The van der Waals surface area contributed by atoms with Crippen molar-refractivity contribution in [2.24, 2.45) is 0 Å². The molecule has 0 bridgehead atoms. The fourth-order valence-electron chi connectivity index (χ4n) is 3.32. The van der Waals surface area contributed by atoms with Crippen LogP contribution in [0.15, 0.2) is 53.5 Å². The van der Waals surface area contributed by atoms with E-state index in [4.69, 9.17) is 0 Å². The van der Waals surface area contributed by atoms with Crippen LogP contribution in [-0.4, -0.2) is 26.2 Å². The number of carbonyl (C=O) groups is 2. The number of nitrogens with one attached hydrogen (secondary N) is 1. The lowest BCUT2D eigenvalue weighted by Crippen LogP contribution is -2.40. The van der Waals surface area contributed by atoms with Gasteiger partial charge in [0.1, 0.15) is 17.0 Å². The number of benzene rings is 1. The molecule has 7 nitrogen and oxygen atoms in total. The summed E-state index contributed by atoms with van der Waals surface area (Å²) < 4.78 is 14.6. The van der Waals surface area contributed by atoms with Gasteiger partial charge >= 0.3 is 6.03 Å². The van der Waals surface area contributed by atoms with Gasteiger partial charge in [0.15, 0.2) is 0 Å². The lowest BCUT2D eigenvalue weighted by atomic mass is 9.92. The summed E-state index contributed by atoms with van der Waals surface area (Å²) in [5.41, 5.74) is 0.512. The highest BCUT2D eigenvalue weighted by Crippen LogP contribution is 2.29. The van der Waals surface area contributed by atoms with Crippen molar-refractivity contribution >= 4 is 17.6 Å². The van der Waals surface area contributed by atoms with Crippen LogP contribution in [0.3, 0.4) is 0 Å². The Hall–Kier alpha value is -3.55. The minimum atomic E-state index is -1.31. The maximum absolute atomic E-state index is 13.2. The first kappa shape index (κ1) is 17.8. The number of urea groups is 1. The van der Waals surface area contributed by atoms with E-state index in [2.05, 4.69) is 10.3 Å². The van der Waals surface area contributed by atoms with E-state index in [9.17, 15) is 18.8 Å². The van der Waals surface area contributed by atoms with Gasteiger partial charge in [-0.2, -0.15) is 0 Å². The molecule has 0 saturated carbocycles. The van der Waals surface area contributed by atoms with Gasteiger partial charge < -0.3 is 5.32 Å². The van der Waals surface area contributed by atoms with Gasteiger partial charge in [0.2, 0.25) is 0 Å². The van der Waals surface area contributed by atoms with Crippen molar-refractivity contribution in [2.45, 2.75) is 25.9 Å². The predicted octanol–water partition coefficient (Wildman–Crippen LogP) is 2.11. The molecule has 0 radical (unpaired) electrons. The van der Waals surface area contributed by atoms with E-state index < -0.39 is 23.3 Å². The lowest BCUT2D eigenvalue weighted by Gasteiger charge is -2.22. The van der Waals surface area contributed by atoms with Gasteiger partial charge in [-0.25, -0.2) is 14.2 Å². The number of aromatic nitrogens is 2. The van der Waals surface area contributed by atoms with Crippen LogP contribution in [0.25, 0.3) is 5.65 Å². The average molecular weight is 380 g/mol. The molecule has 28 heavy (non-hydrogen) atoms. The molecule has 1 aromatic carbocycles. The molecule has 0 aliphatic carbocycles. The quantitative estimate of drug-likeness (QED) is 0.706. The lowest BCUT2D eigenvalue weighted by molar-refractivity contribution is -0.131. The second-order valence-electron chi connectivity index (χ2n) is 6.97. The van der Waals surface area contributed by atoms with E-state index in [0.29, 0.717) is 16.9 Å². The number of hydrogen-bond donors (Lipinski definition) is 1. The zero-order chi connectivity index (χ0) is 20.1. The van der Waals surface area contributed by atoms with Crippen molar-refractivity contribution in [1.29, 1.82) is 0 Å². The van der Waals surface area contributed by atoms with Crippen molar-refractivity contribution in [3.8, 4) is 0 Å². The van der Waals surface area contributed by atoms with Crippen LogP contribution in [0, 0.1) is 12.7 Å². The van der Waals surface area contributed by atoms with Gasteiger partial charge in [-0.05, 0) is 43.2 Å². The van der Waals surface area contributed by atoms with E-state index in [-0.39, 0.29) is 12.1 Å². The van der Waals surface area contributed by atoms with E-state index in [0.717, 1.165) is 10.5 Å². The molecule has 3 heterocycles. The number of aryl methyl sites for hydroxylation is 1. The Morgan fingerprint density at radius 1 is 1.11 bits per heavy atom. The van der Waals surface area contributed by atoms with Crippen LogP contribution in [0.4, 0.5) is 9.18 Å². The maximum Gasteiger partial charge on any atom is 0.325 e. The number of imide groups is 1. The molecule has 1 aliphatic heterocycles. The van der Waals surface area contributed by atoms with Gasteiger partial charge in [-0.3, -0.25) is 18.9 Å².